The molecule has 1 N–H and O–H groups in total. The average Bonchev–Trinajstić information content (AvgIpc) is 2.79. The topological polar surface area (TPSA) is 51.3 Å². The van der Waals surface area contributed by atoms with Crippen LogP contribution in [0.1, 0.15) is 18.9 Å². The molecule has 0 radical (unpaired) electrons. The standard InChI is InChI=1S/C14H17NO3/c1-3-18-11-5-6-12-10(4-7-14(16)17-2)9-15-13(12)8-11/h5-6,8-9,15H,3-4,7H2,1-2H3. The van der Waals surface area contributed by atoms with Crippen LogP contribution in [0.2, 0.25) is 0 Å². The summed E-state index contributed by atoms with van der Waals surface area (Å²) in [7, 11) is 1.41. The second-order valence-electron chi connectivity index (χ2n) is 4.03. The number of fused-ring (bicyclic) bond motifs is 1. The number of hydrogen-bond donors (Lipinski definition) is 1. The summed E-state index contributed by atoms with van der Waals surface area (Å²) in [5.74, 6) is 0.668. The highest BCUT2D eigenvalue weighted by molar-refractivity contribution is 5.85. The lowest BCUT2D eigenvalue weighted by atomic mass is 10.1. The van der Waals surface area contributed by atoms with Gasteiger partial charge in [0, 0.05) is 29.6 Å². The van der Waals surface area contributed by atoms with Gasteiger partial charge in [0.15, 0.2) is 0 Å². The predicted octanol–water partition coefficient (Wildman–Crippen LogP) is 2.67. The van der Waals surface area contributed by atoms with Crippen molar-refractivity contribution in [1.29, 1.82) is 0 Å². The summed E-state index contributed by atoms with van der Waals surface area (Å²) < 4.78 is 10.1. The summed E-state index contributed by atoms with van der Waals surface area (Å²) in [6.45, 7) is 2.61. The number of rotatable bonds is 5. The maximum atomic E-state index is 11.1. The number of benzene rings is 1. The van der Waals surface area contributed by atoms with E-state index in [9.17, 15) is 4.79 Å². The van der Waals surface area contributed by atoms with Crippen LogP contribution in [0.5, 0.6) is 5.75 Å². The van der Waals surface area contributed by atoms with Crippen LogP contribution in [0, 0.1) is 0 Å². The minimum absolute atomic E-state index is 0.185. The molecule has 1 aromatic carbocycles. The zero-order chi connectivity index (χ0) is 13.0. The van der Waals surface area contributed by atoms with Gasteiger partial charge in [-0.15, -0.1) is 0 Å². The van der Waals surface area contributed by atoms with Crippen molar-refractivity contribution in [1.82, 2.24) is 4.98 Å². The summed E-state index contributed by atoms with van der Waals surface area (Å²) in [6.07, 6.45) is 3.01. The summed E-state index contributed by atoms with van der Waals surface area (Å²) in [4.78, 5) is 14.3. The molecule has 0 aliphatic carbocycles. The number of aromatic nitrogens is 1. The Morgan fingerprint density at radius 2 is 2.22 bits per heavy atom. The Kier molecular flexibility index (Phi) is 3.87. The first kappa shape index (κ1) is 12.5. The van der Waals surface area contributed by atoms with Crippen LogP contribution in [0.15, 0.2) is 24.4 Å². The molecule has 96 valence electrons. The van der Waals surface area contributed by atoms with Crippen LogP contribution in [0.4, 0.5) is 0 Å². The van der Waals surface area contributed by atoms with E-state index in [1.165, 1.54) is 7.11 Å². The van der Waals surface area contributed by atoms with Crippen LogP contribution in [-0.2, 0) is 16.0 Å². The number of aryl methyl sites for hydroxylation is 1. The maximum absolute atomic E-state index is 11.1. The number of aromatic amines is 1. The van der Waals surface area contributed by atoms with Gasteiger partial charge in [0.2, 0.25) is 0 Å². The van der Waals surface area contributed by atoms with Crippen LogP contribution in [0.3, 0.4) is 0 Å². The number of hydrogen-bond acceptors (Lipinski definition) is 3. The van der Waals surface area contributed by atoms with E-state index >= 15 is 0 Å². The molecule has 0 amide bonds. The Labute approximate surface area is 106 Å². The Balaban J connectivity index is 2.18. The second kappa shape index (κ2) is 5.58. The first-order valence-corrected chi connectivity index (χ1v) is 6.04. The number of esters is 1. The van der Waals surface area contributed by atoms with Crippen molar-refractivity contribution in [3.63, 3.8) is 0 Å². The molecule has 0 aliphatic rings. The lowest BCUT2D eigenvalue weighted by Crippen LogP contribution is -2.01. The first-order valence-electron chi connectivity index (χ1n) is 6.04. The van der Waals surface area contributed by atoms with Crippen LogP contribution in [0.25, 0.3) is 10.9 Å². The van der Waals surface area contributed by atoms with Gasteiger partial charge >= 0.3 is 5.97 Å². The van der Waals surface area contributed by atoms with Gasteiger partial charge in [0.05, 0.1) is 13.7 Å². The minimum atomic E-state index is -0.185. The zero-order valence-electron chi connectivity index (χ0n) is 10.7. The molecule has 2 rings (SSSR count). The molecule has 0 aliphatic heterocycles. The highest BCUT2D eigenvalue weighted by Crippen LogP contribution is 2.24. The Hall–Kier alpha value is -1.97. The number of nitrogens with one attached hydrogen (secondary N) is 1. The fraction of sp³-hybridized carbons (Fsp3) is 0.357. The SMILES string of the molecule is CCOc1ccc2c(CCC(=O)OC)c[nH]c2c1. The summed E-state index contributed by atoms with van der Waals surface area (Å²) >= 11 is 0. The van der Waals surface area contributed by atoms with E-state index in [2.05, 4.69) is 9.72 Å². The quantitative estimate of drug-likeness (QED) is 0.826. The molecule has 0 bridgehead atoms. The number of ether oxygens (including phenoxy) is 2. The number of carbonyl (C=O) groups is 1. The average molecular weight is 247 g/mol. The molecular weight excluding hydrogens is 230 g/mol. The van der Waals surface area contributed by atoms with Crippen LogP contribution >= 0.6 is 0 Å². The molecule has 0 atom stereocenters. The third-order valence-corrected chi connectivity index (χ3v) is 2.88. The zero-order valence-corrected chi connectivity index (χ0v) is 10.7. The van der Waals surface area contributed by atoms with Crippen molar-refractivity contribution in [2.75, 3.05) is 13.7 Å². The molecule has 0 spiro atoms. The molecule has 18 heavy (non-hydrogen) atoms. The van der Waals surface area contributed by atoms with E-state index in [1.54, 1.807) is 0 Å². The van der Waals surface area contributed by atoms with Gasteiger partial charge in [-0.25, -0.2) is 0 Å². The highest BCUT2D eigenvalue weighted by atomic mass is 16.5. The van der Waals surface area contributed by atoms with E-state index in [0.717, 1.165) is 22.2 Å². The monoisotopic (exact) mass is 247 g/mol. The maximum Gasteiger partial charge on any atom is 0.305 e. The highest BCUT2D eigenvalue weighted by Gasteiger charge is 2.07. The number of carbonyl (C=O) groups excluding carboxylic acids is 1. The second-order valence-corrected chi connectivity index (χ2v) is 4.03. The van der Waals surface area contributed by atoms with Crippen molar-refractivity contribution in [2.24, 2.45) is 0 Å². The number of methoxy groups -OCH3 is 1. The smallest absolute Gasteiger partial charge is 0.305 e. The van der Waals surface area contributed by atoms with Crippen molar-refractivity contribution < 1.29 is 14.3 Å². The lowest BCUT2D eigenvalue weighted by Gasteiger charge is -2.03. The molecular formula is C14H17NO3. The molecule has 4 nitrogen and oxygen atoms in total. The molecule has 1 heterocycles. The molecule has 0 fully saturated rings. The van der Waals surface area contributed by atoms with Crippen molar-refractivity contribution in [3.05, 3.63) is 30.0 Å². The first-order chi connectivity index (χ1) is 8.74. The van der Waals surface area contributed by atoms with E-state index in [0.29, 0.717) is 19.4 Å². The van der Waals surface area contributed by atoms with Gasteiger partial charge in [-0.3, -0.25) is 4.79 Å². The normalized spacial score (nSPS) is 10.6. The Bertz CT molecular complexity index is 545. The van der Waals surface area contributed by atoms with Crippen LogP contribution < -0.4 is 4.74 Å². The predicted molar refractivity (Wildman–Crippen MR) is 69.8 cm³/mol. The van der Waals surface area contributed by atoms with Gasteiger partial charge in [0.25, 0.3) is 0 Å². The minimum Gasteiger partial charge on any atom is -0.494 e. The summed E-state index contributed by atoms with van der Waals surface area (Å²) in [5, 5.41) is 1.13. The van der Waals surface area contributed by atoms with Crippen molar-refractivity contribution >= 4 is 16.9 Å². The van der Waals surface area contributed by atoms with Gasteiger partial charge in [0.1, 0.15) is 5.75 Å². The summed E-state index contributed by atoms with van der Waals surface area (Å²) in [5.41, 5.74) is 2.15. The molecule has 4 heteroatoms. The third-order valence-electron chi connectivity index (χ3n) is 2.88. The molecule has 0 saturated carbocycles. The lowest BCUT2D eigenvalue weighted by molar-refractivity contribution is -0.140. The largest absolute Gasteiger partial charge is 0.494 e. The third kappa shape index (κ3) is 2.64. The Morgan fingerprint density at radius 3 is 2.94 bits per heavy atom. The van der Waals surface area contributed by atoms with Gasteiger partial charge in [-0.2, -0.15) is 0 Å². The van der Waals surface area contributed by atoms with E-state index in [4.69, 9.17) is 4.74 Å². The van der Waals surface area contributed by atoms with E-state index < -0.39 is 0 Å². The van der Waals surface area contributed by atoms with E-state index in [1.807, 2.05) is 31.3 Å². The molecule has 0 unspecified atom stereocenters. The Morgan fingerprint density at radius 1 is 1.39 bits per heavy atom. The fourth-order valence-electron chi connectivity index (χ4n) is 1.97. The molecule has 0 saturated heterocycles. The van der Waals surface area contributed by atoms with E-state index in [-0.39, 0.29) is 5.97 Å². The molecule has 1 aromatic heterocycles. The van der Waals surface area contributed by atoms with Gasteiger partial charge in [-0.1, -0.05) is 0 Å². The summed E-state index contributed by atoms with van der Waals surface area (Å²) in [6, 6.07) is 5.94. The van der Waals surface area contributed by atoms with Crippen LogP contribution in [-0.4, -0.2) is 24.7 Å². The van der Waals surface area contributed by atoms with Crippen molar-refractivity contribution in [2.45, 2.75) is 19.8 Å². The van der Waals surface area contributed by atoms with Crippen molar-refractivity contribution in [3.8, 4) is 5.75 Å². The fourth-order valence-corrected chi connectivity index (χ4v) is 1.97. The van der Waals surface area contributed by atoms with Gasteiger partial charge < -0.3 is 14.5 Å². The number of H-pyrrole nitrogens is 1. The molecule has 2 aromatic rings. The van der Waals surface area contributed by atoms with Gasteiger partial charge in [-0.05, 0) is 31.0 Å².